The van der Waals surface area contributed by atoms with Crippen molar-refractivity contribution < 1.29 is 27.6 Å². The Morgan fingerprint density at radius 3 is 1.98 bits per heavy atom. The first-order valence-corrected chi connectivity index (χ1v) is 15.8. The molecule has 0 aliphatic carbocycles. The lowest BCUT2D eigenvalue weighted by Gasteiger charge is -2.18. The molecule has 8 nitrogen and oxygen atoms in total. The third-order valence-electron chi connectivity index (χ3n) is 6.12. The van der Waals surface area contributed by atoms with Crippen LogP contribution in [0, 0.1) is 6.92 Å². The summed E-state index contributed by atoms with van der Waals surface area (Å²) in [6, 6.07) is 12.9. The van der Waals surface area contributed by atoms with Gasteiger partial charge >= 0.3 is 6.18 Å². The molecule has 1 unspecified atom stereocenters. The highest BCUT2D eigenvalue weighted by Crippen LogP contribution is 2.29. The molecule has 2 aromatic carbocycles. The fourth-order valence-electron chi connectivity index (χ4n) is 4.03. The van der Waals surface area contributed by atoms with Crippen molar-refractivity contribution in [2.45, 2.75) is 85.4 Å². The lowest BCUT2D eigenvalue weighted by atomic mass is 9.99. The summed E-state index contributed by atoms with van der Waals surface area (Å²) in [7, 11) is 1.72. The largest absolute Gasteiger partial charge is 0.416 e. The highest BCUT2D eigenvalue weighted by Gasteiger charge is 2.29. The van der Waals surface area contributed by atoms with Gasteiger partial charge < -0.3 is 26.6 Å². The summed E-state index contributed by atoms with van der Waals surface area (Å²) < 4.78 is 35.9. The van der Waals surface area contributed by atoms with Crippen LogP contribution in [-0.2, 0) is 33.4 Å². The molecule has 0 saturated carbocycles. The molecule has 11 heteroatoms. The third-order valence-corrected chi connectivity index (χ3v) is 6.12. The van der Waals surface area contributed by atoms with Gasteiger partial charge in [0.15, 0.2) is 0 Å². The summed E-state index contributed by atoms with van der Waals surface area (Å²) >= 11 is 0. The normalized spacial score (nSPS) is 11.2. The SMILES string of the molecule is CCC.CCCNCC(=O)NCC(=O)NC(CNC)C(=O)NCCCc1ccccc1CCC.Cc1cccc(C(F)(F)F)c1. The van der Waals surface area contributed by atoms with E-state index in [4.69, 9.17) is 0 Å². The van der Waals surface area contributed by atoms with E-state index in [0.717, 1.165) is 50.8 Å². The Morgan fingerprint density at radius 2 is 1.44 bits per heavy atom. The number of rotatable bonds is 16. The van der Waals surface area contributed by atoms with E-state index in [2.05, 4.69) is 65.6 Å². The monoisotopic (exact) mass is 637 g/mol. The van der Waals surface area contributed by atoms with E-state index < -0.39 is 23.7 Å². The van der Waals surface area contributed by atoms with Crippen LogP contribution in [0.5, 0.6) is 0 Å². The molecular weight excluding hydrogens is 583 g/mol. The fraction of sp³-hybridized carbons (Fsp3) is 0.559. The van der Waals surface area contributed by atoms with Gasteiger partial charge in [0.1, 0.15) is 6.04 Å². The minimum atomic E-state index is -4.22. The molecule has 2 rings (SSSR count). The molecule has 0 aliphatic rings. The van der Waals surface area contributed by atoms with Crippen molar-refractivity contribution in [2.75, 3.05) is 39.8 Å². The lowest BCUT2D eigenvalue weighted by molar-refractivity contribution is -0.137. The number of carbonyl (C=O) groups is 3. The zero-order chi connectivity index (χ0) is 34.1. The average molecular weight is 638 g/mol. The van der Waals surface area contributed by atoms with Crippen molar-refractivity contribution in [3.05, 3.63) is 70.8 Å². The van der Waals surface area contributed by atoms with E-state index in [1.807, 2.05) is 13.0 Å². The van der Waals surface area contributed by atoms with Gasteiger partial charge in [-0.05, 0) is 63.4 Å². The molecule has 0 aromatic heterocycles. The Balaban J connectivity index is 0.00000114. The van der Waals surface area contributed by atoms with Crippen LogP contribution in [0.15, 0.2) is 48.5 Å². The number of hydrogen-bond donors (Lipinski definition) is 5. The van der Waals surface area contributed by atoms with E-state index in [0.29, 0.717) is 18.7 Å². The zero-order valence-electron chi connectivity index (χ0n) is 27.8. The van der Waals surface area contributed by atoms with Crippen LogP contribution in [-0.4, -0.2) is 63.5 Å². The van der Waals surface area contributed by atoms with Gasteiger partial charge in [0, 0.05) is 13.1 Å². The fourth-order valence-corrected chi connectivity index (χ4v) is 4.03. The summed E-state index contributed by atoms with van der Waals surface area (Å²) in [6.45, 7) is 11.7. The van der Waals surface area contributed by atoms with E-state index in [9.17, 15) is 27.6 Å². The van der Waals surface area contributed by atoms with Crippen LogP contribution in [0.3, 0.4) is 0 Å². The maximum absolute atomic E-state index is 12.5. The van der Waals surface area contributed by atoms with Gasteiger partial charge in [0.05, 0.1) is 18.7 Å². The van der Waals surface area contributed by atoms with Crippen LogP contribution in [0.4, 0.5) is 13.2 Å². The van der Waals surface area contributed by atoms with Gasteiger partial charge in [-0.3, -0.25) is 14.4 Å². The number of nitrogens with one attached hydrogen (secondary N) is 5. The van der Waals surface area contributed by atoms with Crippen LogP contribution in [0.1, 0.15) is 75.6 Å². The Bertz CT molecular complexity index is 1110. The summed E-state index contributed by atoms with van der Waals surface area (Å²) in [4.78, 5) is 36.3. The summed E-state index contributed by atoms with van der Waals surface area (Å²) in [5.41, 5.74) is 2.73. The van der Waals surface area contributed by atoms with Crippen LogP contribution in [0.25, 0.3) is 0 Å². The topological polar surface area (TPSA) is 111 Å². The van der Waals surface area contributed by atoms with Crippen molar-refractivity contribution in [3.8, 4) is 0 Å². The van der Waals surface area contributed by atoms with Crippen molar-refractivity contribution in [3.63, 3.8) is 0 Å². The summed E-state index contributed by atoms with van der Waals surface area (Å²) in [6.07, 6.45) is 1.86. The lowest BCUT2D eigenvalue weighted by Crippen LogP contribution is -2.53. The smallest absolute Gasteiger partial charge is 0.354 e. The first-order chi connectivity index (χ1) is 21.4. The number of carbonyl (C=O) groups excluding carboxylic acids is 3. The number of likely N-dealkylation sites (N-methyl/N-ethyl adjacent to an activating group) is 1. The van der Waals surface area contributed by atoms with E-state index in [-0.39, 0.29) is 24.9 Å². The second-order valence-electron chi connectivity index (χ2n) is 10.6. The number of benzene rings is 2. The van der Waals surface area contributed by atoms with E-state index in [1.165, 1.54) is 23.6 Å². The van der Waals surface area contributed by atoms with E-state index in [1.54, 1.807) is 20.0 Å². The summed E-state index contributed by atoms with van der Waals surface area (Å²) in [5, 5.41) is 14.0. The van der Waals surface area contributed by atoms with Crippen molar-refractivity contribution in [1.82, 2.24) is 26.6 Å². The number of aryl methyl sites for hydroxylation is 3. The molecule has 0 fully saturated rings. The van der Waals surface area contributed by atoms with Gasteiger partial charge in [-0.1, -0.05) is 88.6 Å². The highest BCUT2D eigenvalue weighted by atomic mass is 19.4. The Labute approximate surface area is 267 Å². The average Bonchev–Trinajstić information content (AvgIpc) is 2.99. The Kier molecular flexibility index (Phi) is 22.9. The molecule has 0 radical (unpaired) electrons. The van der Waals surface area contributed by atoms with Gasteiger partial charge in [-0.15, -0.1) is 0 Å². The number of hydrogen-bond acceptors (Lipinski definition) is 5. The molecule has 5 N–H and O–H groups in total. The maximum atomic E-state index is 12.5. The van der Waals surface area contributed by atoms with Gasteiger partial charge in [0.2, 0.25) is 17.7 Å². The predicted molar refractivity (Wildman–Crippen MR) is 176 cm³/mol. The number of alkyl halides is 3. The third kappa shape index (κ3) is 20.3. The Morgan fingerprint density at radius 1 is 0.800 bits per heavy atom. The van der Waals surface area contributed by atoms with Gasteiger partial charge in [0.25, 0.3) is 0 Å². The second kappa shape index (κ2) is 24.8. The second-order valence-corrected chi connectivity index (χ2v) is 10.6. The van der Waals surface area contributed by atoms with Crippen LogP contribution in [0.2, 0.25) is 0 Å². The first-order valence-electron chi connectivity index (χ1n) is 15.8. The first kappa shape index (κ1) is 41.6. The zero-order valence-corrected chi connectivity index (χ0v) is 27.8. The van der Waals surface area contributed by atoms with Crippen molar-refractivity contribution in [1.29, 1.82) is 0 Å². The molecule has 2 aromatic rings. The molecule has 0 heterocycles. The highest BCUT2D eigenvalue weighted by molar-refractivity contribution is 5.90. The maximum Gasteiger partial charge on any atom is 0.416 e. The predicted octanol–water partition coefficient (Wildman–Crippen LogP) is 4.94. The molecule has 0 aliphatic heterocycles. The van der Waals surface area contributed by atoms with Gasteiger partial charge in [-0.2, -0.15) is 13.2 Å². The minimum Gasteiger partial charge on any atom is -0.354 e. The molecule has 3 amide bonds. The molecule has 1 atom stereocenters. The molecule has 254 valence electrons. The standard InChI is InChI=1S/C23H39N5O3.C8H7F3.C3H8/c1-4-9-18-10-6-7-11-19(18)12-8-14-26-23(31)20(15-24-3)28-22(30)17-27-21(29)16-25-13-5-2;1-6-3-2-4-7(5-6)8(9,10)11;1-3-2/h6-7,10-11,20,24-25H,4-5,8-9,12-17H2,1-3H3,(H,26,31)(H,27,29)(H,28,30);2-5H,1H3;3H2,1-2H3. The Hall–Kier alpha value is -3.44. The number of halogens is 3. The quantitative estimate of drug-likeness (QED) is 0.168. The van der Waals surface area contributed by atoms with E-state index >= 15 is 0 Å². The van der Waals surface area contributed by atoms with Gasteiger partial charge in [-0.25, -0.2) is 0 Å². The van der Waals surface area contributed by atoms with Crippen molar-refractivity contribution >= 4 is 17.7 Å². The molecule has 0 bridgehead atoms. The summed E-state index contributed by atoms with van der Waals surface area (Å²) in [5.74, 6) is -0.880. The molecule has 0 spiro atoms. The molecule has 45 heavy (non-hydrogen) atoms. The molecule has 0 saturated heterocycles. The number of amides is 3. The van der Waals surface area contributed by atoms with Crippen LogP contribution < -0.4 is 26.6 Å². The minimum absolute atomic E-state index is 0.158. The molecular formula is C34H54F3N5O3. The van der Waals surface area contributed by atoms with Crippen molar-refractivity contribution in [2.24, 2.45) is 0 Å². The van der Waals surface area contributed by atoms with Crippen LogP contribution >= 0.6 is 0 Å².